The minimum Gasteiger partial charge on any atom is -0.483 e. The molecular formula is C31H28N6O2. The van der Waals surface area contributed by atoms with Crippen LogP contribution in [0.15, 0.2) is 103 Å². The predicted molar refractivity (Wildman–Crippen MR) is 155 cm³/mol. The van der Waals surface area contributed by atoms with Gasteiger partial charge in [-0.3, -0.25) is 9.89 Å². The Labute approximate surface area is 226 Å². The van der Waals surface area contributed by atoms with E-state index in [2.05, 4.69) is 20.8 Å². The van der Waals surface area contributed by atoms with Crippen LogP contribution in [0.2, 0.25) is 0 Å². The molecule has 0 aliphatic rings. The first-order valence-electron chi connectivity index (χ1n) is 12.2. The summed E-state index contributed by atoms with van der Waals surface area (Å²) in [6.45, 7) is 0.325. The van der Waals surface area contributed by atoms with E-state index >= 15 is 0 Å². The number of benzene rings is 4. The van der Waals surface area contributed by atoms with E-state index in [1.54, 1.807) is 6.20 Å². The van der Waals surface area contributed by atoms with E-state index in [1.807, 2.05) is 97.1 Å². The lowest BCUT2D eigenvalue weighted by atomic mass is 10.1. The molecule has 0 unspecified atom stereocenters. The number of aromatic nitrogens is 4. The van der Waals surface area contributed by atoms with Crippen LogP contribution in [0.1, 0.15) is 13.0 Å². The zero-order chi connectivity index (χ0) is 25.7. The van der Waals surface area contributed by atoms with E-state index in [9.17, 15) is 4.79 Å². The summed E-state index contributed by atoms with van der Waals surface area (Å²) in [6, 6.07) is 31.0. The molecule has 39 heavy (non-hydrogen) atoms. The lowest BCUT2D eigenvalue weighted by Crippen LogP contribution is -2.28. The molecule has 4 aromatic carbocycles. The highest BCUT2D eigenvalue weighted by atomic mass is 16.5. The molecule has 0 aliphatic heterocycles. The number of para-hydroxylation sites is 2. The van der Waals surface area contributed by atoms with Crippen molar-refractivity contribution in [3.8, 4) is 17.1 Å². The summed E-state index contributed by atoms with van der Waals surface area (Å²) in [6.07, 6.45) is 1.79. The fourth-order valence-corrected chi connectivity index (χ4v) is 4.22. The van der Waals surface area contributed by atoms with Crippen molar-refractivity contribution in [2.45, 2.75) is 14.0 Å². The van der Waals surface area contributed by atoms with Gasteiger partial charge in [0.25, 0.3) is 5.91 Å². The van der Waals surface area contributed by atoms with Gasteiger partial charge in [0.2, 0.25) is 0 Å². The monoisotopic (exact) mass is 516 g/mol. The zero-order valence-corrected chi connectivity index (χ0v) is 20.4. The first-order chi connectivity index (χ1) is 18.7. The number of amides is 1. The van der Waals surface area contributed by atoms with E-state index < -0.39 is 0 Å². The molecule has 194 valence electrons. The molecule has 0 bridgehead atoms. The summed E-state index contributed by atoms with van der Waals surface area (Å²) in [4.78, 5) is 22.1. The van der Waals surface area contributed by atoms with Crippen LogP contribution in [0.5, 0.6) is 5.75 Å². The number of nitrogens with zero attached hydrogens (tertiary/aromatic N) is 3. The second kappa shape index (κ2) is 11.4. The van der Waals surface area contributed by atoms with Crippen molar-refractivity contribution in [2.24, 2.45) is 0 Å². The molecule has 3 N–H and O–H groups in total. The van der Waals surface area contributed by atoms with E-state index in [-0.39, 0.29) is 19.9 Å². The van der Waals surface area contributed by atoms with Crippen molar-refractivity contribution >= 4 is 39.2 Å². The topological polar surface area (TPSA) is 105 Å². The summed E-state index contributed by atoms with van der Waals surface area (Å²) in [7, 11) is 0. The molecule has 8 nitrogen and oxygen atoms in total. The molecule has 6 aromatic rings. The van der Waals surface area contributed by atoms with Crippen LogP contribution in [-0.4, -0.2) is 32.7 Å². The molecule has 0 fully saturated rings. The SMILES string of the molecule is C.O=C(COc1ccccc1-c1nc(Nc2ccc3[nH]ncc3c2)c2ccccc2n1)NCc1ccccc1. The van der Waals surface area contributed by atoms with Gasteiger partial charge >= 0.3 is 0 Å². The average Bonchev–Trinajstić information content (AvgIpc) is 3.44. The van der Waals surface area contributed by atoms with Gasteiger partial charge < -0.3 is 15.4 Å². The number of hydrogen-bond acceptors (Lipinski definition) is 6. The number of ether oxygens (including phenoxy) is 1. The van der Waals surface area contributed by atoms with Crippen LogP contribution >= 0.6 is 0 Å². The molecule has 2 heterocycles. The van der Waals surface area contributed by atoms with Crippen molar-refractivity contribution in [3.63, 3.8) is 0 Å². The van der Waals surface area contributed by atoms with Gasteiger partial charge in [-0.1, -0.05) is 62.0 Å². The van der Waals surface area contributed by atoms with E-state index in [4.69, 9.17) is 14.7 Å². The third-order valence-electron chi connectivity index (χ3n) is 6.13. The van der Waals surface area contributed by atoms with Gasteiger partial charge in [0.1, 0.15) is 11.6 Å². The highest BCUT2D eigenvalue weighted by Gasteiger charge is 2.15. The molecule has 6 rings (SSSR count). The molecule has 1 amide bonds. The van der Waals surface area contributed by atoms with Crippen molar-refractivity contribution in [1.29, 1.82) is 0 Å². The van der Waals surface area contributed by atoms with Gasteiger partial charge in [-0.05, 0) is 48.0 Å². The summed E-state index contributed by atoms with van der Waals surface area (Å²) < 4.78 is 5.93. The Kier molecular flexibility index (Phi) is 7.45. The number of aromatic amines is 1. The normalized spacial score (nSPS) is 10.7. The Morgan fingerprint density at radius 3 is 2.56 bits per heavy atom. The molecular weight excluding hydrogens is 488 g/mol. The smallest absolute Gasteiger partial charge is 0.258 e. The molecule has 0 atom stereocenters. The van der Waals surface area contributed by atoms with E-state index in [0.717, 1.165) is 33.1 Å². The van der Waals surface area contributed by atoms with Crippen LogP contribution in [0, 0.1) is 0 Å². The van der Waals surface area contributed by atoms with Crippen LogP contribution in [0.3, 0.4) is 0 Å². The third-order valence-corrected chi connectivity index (χ3v) is 6.13. The minimum atomic E-state index is -0.208. The molecule has 8 heteroatoms. The fourth-order valence-electron chi connectivity index (χ4n) is 4.22. The molecule has 0 saturated heterocycles. The highest BCUT2D eigenvalue weighted by Crippen LogP contribution is 2.32. The average molecular weight is 517 g/mol. The van der Waals surface area contributed by atoms with Crippen molar-refractivity contribution < 1.29 is 9.53 Å². The van der Waals surface area contributed by atoms with Crippen LogP contribution < -0.4 is 15.4 Å². The van der Waals surface area contributed by atoms with Gasteiger partial charge in [0.15, 0.2) is 12.4 Å². The number of rotatable bonds is 8. The Morgan fingerprint density at radius 2 is 1.67 bits per heavy atom. The molecule has 0 radical (unpaired) electrons. The van der Waals surface area contributed by atoms with Gasteiger partial charge in [0, 0.05) is 23.0 Å². The van der Waals surface area contributed by atoms with Gasteiger partial charge in [-0.2, -0.15) is 5.10 Å². The summed E-state index contributed by atoms with van der Waals surface area (Å²) in [5.74, 6) is 1.49. The fraction of sp³-hybridized carbons (Fsp3) is 0.0968. The standard InChI is InChI=1S/C30H24N6O2.CH4/c37-28(31-17-20-8-2-1-3-9-20)19-38-27-13-7-5-11-24(27)30-34-26-12-6-4-10-23(26)29(35-30)33-22-14-15-25-21(16-22)18-32-36-25;/h1-16,18H,17,19H2,(H,31,37)(H,32,36)(H,33,34,35);1H4. The van der Waals surface area contributed by atoms with Crippen molar-refractivity contribution in [2.75, 3.05) is 11.9 Å². The number of fused-ring (bicyclic) bond motifs is 2. The first-order valence-corrected chi connectivity index (χ1v) is 12.2. The third kappa shape index (κ3) is 5.70. The van der Waals surface area contributed by atoms with E-state index in [1.165, 1.54) is 0 Å². The Morgan fingerprint density at radius 1 is 0.872 bits per heavy atom. The van der Waals surface area contributed by atoms with Crippen LogP contribution in [0.4, 0.5) is 11.5 Å². The quantitative estimate of drug-likeness (QED) is 0.221. The summed E-state index contributed by atoms with van der Waals surface area (Å²) in [5, 5.41) is 15.3. The molecule has 0 spiro atoms. The minimum absolute atomic E-state index is 0. The second-order valence-electron chi connectivity index (χ2n) is 8.76. The molecule has 0 saturated carbocycles. The van der Waals surface area contributed by atoms with Gasteiger partial charge in [-0.15, -0.1) is 0 Å². The second-order valence-corrected chi connectivity index (χ2v) is 8.76. The first kappa shape index (κ1) is 25.4. The molecule has 2 aromatic heterocycles. The van der Waals surface area contributed by atoms with Gasteiger partial charge in [0.05, 0.1) is 22.8 Å². The predicted octanol–water partition coefficient (Wildman–Crippen LogP) is 6.25. The Bertz CT molecular complexity index is 1730. The number of hydrogen-bond donors (Lipinski definition) is 3. The highest BCUT2D eigenvalue weighted by molar-refractivity contribution is 5.93. The maximum Gasteiger partial charge on any atom is 0.258 e. The largest absolute Gasteiger partial charge is 0.483 e. The molecule has 0 aliphatic carbocycles. The number of carbonyl (C=O) groups is 1. The van der Waals surface area contributed by atoms with Crippen molar-refractivity contribution in [3.05, 3.63) is 109 Å². The zero-order valence-electron chi connectivity index (χ0n) is 20.4. The Balaban J connectivity index is 0.00000308. The lowest BCUT2D eigenvalue weighted by Gasteiger charge is -2.14. The van der Waals surface area contributed by atoms with E-state index in [0.29, 0.717) is 29.5 Å². The number of nitrogens with one attached hydrogen (secondary N) is 3. The number of carbonyl (C=O) groups excluding carboxylic acids is 1. The van der Waals surface area contributed by atoms with Gasteiger partial charge in [-0.25, -0.2) is 9.97 Å². The summed E-state index contributed by atoms with van der Waals surface area (Å²) in [5.41, 5.74) is 4.36. The Hall–Kier alpha value is -5.24. The number of anilines is 2. The van der Waals surface area contributed by atoms with Crippen molar-refractivity contribution in [1.82, 2.24) is 25.5 Å². The van der Waals surface area contributed by atoms with Crippen LogP contribution in [0.25, 0.3) is 33.2 Å². The van der Waals surface area contributed by atoms with Crippen LogP contribution in [-0.2, 0) is 11.3 Å². The lowest BCUT2D eigenvalue weighted by molar-refractivity contribution is -0.123. The summed E-state index contributed by atoms with van der Waals surface area (Å²) >= 11 is 0. The maximum absolute atomic E-state index is 12.5. The maximum atomic E-state index is 12.5. The number of H-pyrrole nitrogens is 1.